The number of nitrogens with one attached hydrogen (secondary N) is 2. The number of fused-ring (bicyclic) bond motifs is 1. The minimum absolute atomic E-state index is 0.0611. The van der Waals surface area contributed by atoms with Crippen molar-refractivity contribution in [3.63, 3.8) is 0 Å². The number of rotatable bonds is 8. The molecule has 5 rings (SSSR count). The second-order valence-corrected chi connectivity index (χ2v) is 9.90. The van der Waals surface area contributed by atoms with E-state index in [2.05, 4.69) is 20.3 Å². The molecule has 204 valence electrons. The maximum atomic E-state index is 12.3. The Bertz CT molecular complexity index is 1620. The van der Waals surface area contributed by atoms with E-state index in [0.717, 1.165) is 0 Å². The van der Waals surface area contributed by atoms with Crippen LogP contribution in [0.4, 0.5) is 23.1 Å². The number of hydrogen-bond acceptors (Lipinski definition) is 13. The second-order valence-electron chi connectivity index (χ2n) is 8.55. The Labute approximate surface area is 221 Å². The van der Waals surface area contributed by atoms with Gasteiger partial charge >= 0.3 is 10.3 Å². The molecule has 0 saturated carbocycles. The highest BCUT2D eigenvalue weighted by Gasteiger charge is 2.45. The van der Waals surface area contributed by atoms with Gasteiger partial charge in [-0.15, -0.1) is 0 Å². The van der Waals surface area contributed by atoms with Gasteiger partial charge in [0, 0.05) is 11.4 Å². The molecule has 15 nitrogen and oxygen atoms in total. The van der Waals surface area contributed by atoms with Crippen molar-refractivity contribution in [1.29, 1.82) is 0 Å². The molecule has 0 unspecified atom stereocenters. The van der Waals surface area contributed by atoms with Crippen molar-refractivity contribution in [2.24, 2.45) is 0 Å². The SMILES string of the molecule is Nc1ccccc1C(=O)NS(=O)(=O)OC[C@H]1O[C@@H](n2cnc3c(N)nc(Nc4ccccc4)nc32)[C@H](O)[C@@H]1O. The smallest absolute Gasteiger partial charge is 0.362 e. The molecule has 8 N–H and O–H groups in total. The summed E-state index contributed by atoms with van der Waals surface area (Å²) in [6, 6.07) is 15.0. The Morgan fingerprint density at radius 1 is 1.05 bits per heavy atom. The predicted octanol–water partition coefficient (Wildman–Crippen LogP) is 0.0449. The van der Waals surface area contributed by atoms with Crippen LogP contribution in [0.15, 0.2) is 60.9 Å². The monoisotopic (exact) mass is 556 g/mol. The van der Waals surface area contributed by atoms with Gasteiger partial charge in [-0.05, 0) is 24.3 Å². The highest BCUT2D eigenvalue weighted by atomic mass is 32.2. The number of aliphatic hydroxyl groups excluding tert-OH is 2. The van der Waals surface area contributed by atoms with Gasteiger partial charge < -0.3 is 31.7 Å². The van der Waals surface area contributed by atoms with Crippen molar-refractivity contribution in [1.82, 2.24) is 24.2 Å². The van der Waals surface area contributed by atoms with Gasteiger partial charge in [0.2, 0.25) is 5.95 Å². The third-order valence-electron chi connectivity index (χ3n) is 5.90. The topological polar surface area (TPSA) is 230 Å². The molecule has 4 atom stereocenters. The van der Waals surface area contributed by atoms with E-state index in [4.69, 9.17) is 20.4 Å². The molecule has 1 fully saturated rings. The predicted molar refractivity (Wildman–Crippen MR) is 139 cm³/mol. The second kappa shape index (κ2) is 10.4. The van der Waals surface area contributed by atoms with E-state index >= 15 is 0 Å². The van der Waals surface area contributed by atoms with Gasteiger partial charge in [-0.2, -0.15) is 18.4 Å². The summed E-state index contributed by atoms with van der Waals surface area (Å²) in [5, 5.41) is 24.2. The van der Waals surface area contributed by atoms with Gasteiger partial charge in [-0.3, -0.25) is 13.5 Å². The van der Waals surface area contributed by atoms with Crippen molar-refractivity contribution in [3.8, 4) is 0 Å². The van der Waals surface area contributed by atoms with Crippen molar-refractivity contribution >= 4 is 50.5 Å². The Kier molecular flexibility index (Phi) is 7.02. The molecule has 0 spiro atoms. The summed E-state index contributed by atoms with van der Waals surface area (Å²) >= 11 is 0. The van der Waals surface area contributed by atoms with E-state index in [0.29, 0.717) is 5.69 Å². The maximum absolute atomic E-state index is 12.3. The van der Waals surface area contributed by atoms with Gasteiger partial charge in [0.1, 0.15) is 23.8 Å². The van der Waals surface area contributed by atoms with E-state index < -0.39 is 47.4 Å². The molecule has 1 aliphatic heterocycles. The molecule has 0 aliphatic carbocycles. The van der Waals surface area contributed by atoms with E-state index in [1.54, 1.807) is 22.9 Å². The minimum atomic E-state index is -4.61. The van der Waals surface area contributed by atoms with Crippen molar-refractivity contribution < 1.29 is 32.3 Å². The van der Waals surface area contributed by atoms with Gasteiger partial charge in [0.05, 0.1) is 18.5 Å². The van der Waals surface area contributed by atoms with Crippen LogP contribution in [0.5, 0.6) is 0 Å². The molecule has 16 heteroatoms. The number of anilines is 4. The molecule has 0 radical (unpaired) electrons. The number of aliphatic hydroxyl groups is 2. The first-order valence-corrected chi connectivity index (χ1v) is 12.9. The number of carbonyl (C=O) groups is 1. The van der Waals surface area contributed by atoms with Gasteiger partial charge in [0.15, 0.2) is 17.7 Å². The number of nitrogens with zero attached hydrogens (tertiary/aromatic N) is 4. The zero-order valence-electron chi connectivity index (χ0n) is 20.1. The van der Waals surface area contributed by atoms with Gasteiger partial charge in [-0.25, -0.2) is 9.71 Å². The Balaban J connectivity index is 1.30. The normalized spacial score (nSPS) is 21.2. The molecule has 1 saturated heterocycles. The summed E-state index contributed by atoms with van der Waals surface area (Å²) in [6.45, 7) is -0.716. The molecule has 0 bridgehead atoms. The first-order chi connectivity index (χ1) is 18.6. The number of nitrogens with two attached hydrogens (primary N) is 2. The van der Waals surface area contributed by atoms with Crippen molar-refractivity contribution in [3.05, 3.63) is 66.5 Å². The fraction of sp³-hybridized carbons (Fsp3) is 0.217. The molecule has 2 aromatic heterocycles. The van der Waals surface area contributed by atoms with Crippen LogP contribution in [0.2, 0.25) is 0 Å². The van der Waals surface area contributed by atoms with Crippen LogP contribution in [0.3, 0.4) is 0 Å². The molecule has 2 aromatic carbocycles. The Morgan fingerprint density at radius 2 is 1.77 bits per heavy atom. The summed E-state index contributed by atoms with van der Waals surface area (Å²) in [6.07, 6.45) is -4.29. The van der Waals surface area contributed by atoms with Crippen molar-refractivity contribution in [2.75, 3.05) is 23.4 Å². The third-order valence-corrected chi connectivity index (χ3v) is 6.78. The summed E-state index contributed by atoms with van der Waals surface area (Å²) in [7, 11) is -4.61. The number of benzene rings is 2. The minimum Gasteiger partial charge on any atom is -0.398 e. The highest BCUT2D eigenvalue weighted by Crippen LogP contribution is 2.33. The lowest BCUT2D eigenvalue weighted by atomic mass is 10.1. The summed E-state index contributed by atoms with van der Waals surface area (Å²) in [4.78, 5) is 25.1. The first kappa shape index (κ1) is 26.3. The lowest BCUT2D eigenvalue weighted by Gasteiger charge is -2.17. The van der Waals surface area contributed by atoms with Crippen LogP contribution in [0, 0.1) is 0 Å². The average Bonchev–Trinajstić information content (AvgIpc) is 3.44. The number of ether oxygens (including phenoxy) is 1. The zero-order valence-corrected chi connectivity index (χ0v) is 20.9. The zero-order chi connectivity index (χ0) is 27.7. The Morgan fingerprint density at radius 3 is 2.51 bits per heavy atom. The standard InChI is InChI=1S/C23H24N8O7S/c24-14-9-5-4-8-13(14)21(34)30-39(35,36)37-10-15-17(32)18(33)22(38-15)31-11-26-16-19(25)28-23(29-20(16)31)27-12-6-2-1-3-7-12/h1-9,11,15,17-18,22,32-33H,10,24H2,(H,30,34)(H3,25,27,28,29)/t15-,17-,18-,22-/m1/s1. The van der Waals surface area contributed by atoms with E-state index in [1.165, 1.54) is 29.1 Å². The van der Waals surface area contributed by atoms with Crippen molar-refractivity contribution in [2.45, 2.75) is 24.5 Å². The molecule has 1 amide bonds. The van der Waals surface area contributed by atoms with Crippen LogP contribution in [0.25, 0.3) is 11.2 Å². The molecule has 4 aromatic rings. The molecular weight excluding hydrogens is 532 g/mol. The summed E-state index contributed by atoms with van der Waals surface area (Å²) in [5.41, 5.74) is 12.9. The average molecular weight is 557 g/mol. The first-order valence-electron chi connectivity index (χ1n) is 11.5. The summed E-state index contributed by atoms with van der Waals surface area (Å²) < 4.78 is 38.3. The number of nitrogen functional groups attached to an aromatic ring is 2. The number of para-hydroxylation sites is 2. The van der Waals surface area contributed by atoms with Crippen LogP contribution in [-0.4, -0.2) is 69.0 Å². The number of carbonyl (C=O) groups excluding carboxylic acids is 1. The lowest BCUT2D eigenvalue weighted by molar-refractivity contribution is -0.0468. The van der Waals surface area contributed by atoms with Crippen LogP contribution >= 0.6 is 0 Å². The largest absolute Gasteiger partial charge is 0.398 e. The van der Waals surface area contributed by atoms with Crippen LogP contribution in [-0.2, 0) is 19.2 Å². The maximum Gasteiger partial charge on any atom is 0.362 e. The fourth-order valence-corrected chi connectivity index (χ4v) is 4.70. The molecule has 1 aliphatic rings. The third kappa shape index (κ3) is 5.45. The highest BCUT2D eigenvalue weighted by molar-refractivity contribution is 7.85. The van der Waals surface area contributed by atoms with E-state index in [1.807, 2.05) is 18.2 Å². The van der Waals surface area contributed by atoms with E-state index in [9.17, 15) is 23.4 Å². The van der Waals surface area contributed by atoms with E-state index in [-0.39, 0.29) is 34.2 Å². The van der Waals surface area contributed by atoms with Gasteiger partial charge in [-0.1, -0.05) is 30.3 Å². The summed E-state index contributed by atoms with van der Waals surface area (Å²) in [5.74, 6) is -0.784. The number of amides is 1. The molecule has 39 heavy (non-hydrogen) atoms. The Hall–Kier alpha value is -4.35. The van der Waals surface area contributed by atoms with Gasteiger partial charge in [0.25, 0.3) is 5.91 Å². The number of aromatic nitrogens is 4. The number of imidazole rings is 1. The van der Waals surface area contributed by atoms with Crippen LogP contribution < -0.4 is 21.5 Å². The molecule has 3 heterocycles. The fourth-order valence-electron chi connectivity index (χ4n) is 3.99. The molecular formula is C23H24N8O7S. The van der Waals surface area contributed by atoms with Crippen LogP contribution in [0.1, 0.15) is 16.6 Å². The quantitative estimate of drug-likeness (QED) is 0.158. The lowest BCUT2D eigenvalue weighted by Crippen LogP contribution is -2.38. The number of hydrogen-bond donors (Lipinski definition) is 6.